The van der Waals surface area contributed by atoms with Crippen LogP contribution in [-0.2, 0) is 6.42 Å². The van der Waals surface area contributed by atoms with Crippen molar-refractivity contribution in [2.45, 2.75) is 12.5 Å². The number of benzene rings is 1. The van der Waals surface area contributed by atoms with E-state index in [0.29, 0.717) is 6.42 Å². The first-order valence-corrected chi connectivity index (χ1v) is 6.68. The number of rotatable bonds is 4. The number of aromatic nitrogens is 2. The van der Waals surface area contributed by atoms with Gasteiger partial charge >= 0.3 is 0 Å². The van der Waals surface area contributed by atoms with Crippen molar-refractivity contribution >= 4 is 27.5 Å². The Bertz CT molecular complexity index is 489. The van der Waals surface area contributed by atoms with E-state index in [2.05, 4.69) is 25.5 Å². The molecule has 17 heavy (non-hydrogen) atoms. The lowest BCUT2D eigenvalue weighted by atomic mass is 10.0. The first kappa shape index (κ1) is 12.5. The van der Waals surface area contributed by atoms with Crippen LogP contribution in [0.25, 0.3) is 0 Å². The van der Waals surface area contributed by atoms with Gasteiger partial charge in [-0.05, 0) is 41.7 Å². The molecular weight excluding hydrogens is 302 g/mol. The molecule has 0 fully saturated rings. The van der Waals surface area contributed by atoms with Crippen molar-refractivity contribution in [1.82, 2.24) is 9.59 Å². The van der Waals surface area contributed by atoms with Gasteiger partial charge in [0.1, 0.15) is 5.75 Å². The highest BCUT2D eigenvalue weighted by atomic mass is 79.9. The van der Waals surface area contributed by atoms with E-state index in [1.165, 1.54) is 11.5 Å². The van der Waals surface area contributed by atoms with Crippen molar-refractivity contribution in [2.75, 3.05) is 7.11 Å². The van der Waals surface area contributed by atoms with Crippen molar-refractivity contribution in [3.63, 3.8) is 0 Å². The van der Waals surface area contributed by atoms with E-state index in [1.54, 1.807) is 7.11 Å². The van der Waals surface area contributed by atoms with Crippen molar-refractivity contribution in [3.8, 4) is 5.75 Å². The van der Waals surface area contributed by atoms with Gasteiger partial charge in [0.15, 0.2) is 0 Å². The van der Waals surface area contributed by atoms with Gasteiger partial charge in [-0.15, -0.1) is 5.10 Å². The minimum Gasteiger partial charge on any atom is -0.497 e. The summed E-state index contributed by atoms with van der Waals surface area (Å²) in [7, 11) is 1.65. The van der Waals surface area contributed by atoms with Crippen LogP contribution in [0.15, 0.2) is 28.1 Å². The predicted octanol–water partition coefficient (Wildman–Crippen LogP) is 2.55. The third-order valence-electron chi connectivity index (χ3n) is 2.45. The van der Waals surface area contributed by atoms with Crippen LogP contribution in [-0.4, -0.2) is 16.7 Å². The normalized spacial score (nSPS) is 12.4. The quantitative estimate of drug-likeness (QED) is 0.942. The van der Waals surface area contributed by atoms with Crippen LogP contribution in [0.4, 0.5) is 0 Å². The van der Waals surface area contributed by atoms with E-state index in [-0.39, 0.29) is 6.04 Å². The molecule has 4 nitrogen and oxygen atoms in total. The summed E-state index contributed by atoms with van der Waals surface area (Å²) in [5.41, 5.74) is 8.00. The Morgan fingerprint density at radius 1 is 1.53 bits per heavy atom. The molecule has 0 aliphatic carbocycles. The van der Waals surface area contributed by atoms with E-state index in [0.717, 1.165) is 21.5 Å². The van der Waals surface area contributed by atoms with Gasteiger partial charge in [-0.25, -0.2) is 0 Å². The molecule has 2 rings (SSSR count). The summed E-state index contributed by atoms with van der Waals surface area (Å²) in [6, 6.07) is 5.70. The summed E-state index contributed by atoms with van der Waals surface area (Å²) >= 11 is 4.82. The Labute approximate surface area is 112 Å². The van der Waals surface area contributed by atoms with Gasteiger partial charge in [-0.1, -0.05) is 20.4 Å². The molecule has 90 valence electrons. The molecule has 1 unspecified atom stereocenters. The second-order valence-corrected chi connectivity index (χ2v) is 5.06. The summed E-state index contributed by atoms with van der Waals surface area (Å²) in [6.07, 6.45) is 0.698. The lowest BCUT2D eigenvalue weighted by molar-refractivity contribution is 0.414. The fraction of sp³-hybridized carbons (Fsp3) is 0.273. The number of hydrogen-bond acceptors (Lipinski definition) is 5. The van der Waals surface area contributed by atoms with Crippen molar-refractivity contribution < 1.29 is 4.74 Å². The molecule has 0 amide bonds. The van der Waals surface area contributed by atoms with Gasteiger partial charge in [-0.2, -0.15) is 0 Å². The lowest BCUT2D eigenvalue weighted by Gasteiger charge is -2.11. The van der Waals surface area contributed by atoms with Crippen LogP contribution < -0.4 is 10.5 Å². The number of nitrogens with two attached hydrogens (primary N) is 1. The molecule has 0 saturated heterocycles. The number of ether oxygens (including phenoxy) is 1. The van der Waals surface area contributed by atoms with Gasteiger partial charge in [0, 0.05) is 9.85 Å². The molecule has 0 aliphatic rings. The van der Waals surface area contributed by atoms with Crippen molar-refractivity contribution in [3.05, 3.63) is 39.3 Å². The Hall–Kier alpha value is -0.980. The molecule has 0 saturated carbocycles. The first-order chi connectivity index (χ1) is 8.20. The molecule has 1 heterocycles. The van der Waals surface area contributed by atoms with Gasteiger partial charge in [0.05, 0.1) is 18.8 Å². The number of methoxy groups -OCH3 is 1. The van der Waals surface area contributed by atoms with Crippen LogP contribution >= 0.6 is 27.5 Å². The van der Waals surface area contributed by atoms with Gasteiger partial charge < -0.3 is 10.5 Å². The maximum Gasteiger partial charge on any atom is 0.119 e. The monoisotopic (exact) mass is 313 g/mol. The molecule has 1 atom stereocenters. The lowest BCUT2D eigenvalue weighted by Crippen LogP contribution is -2.14. The van der Waals surface area contributed by atoms with E-state index in [1.807, 2.05) is 23.6 Å². The third kappa shape index (κ3) is 3.02. The van der Waals surface area contributed by atoms with Crippen molar-refractivity contribution in [2.24, 2.45) is 5.73 Å². The van der Waals surface area contributed by atoms with E-state index < -0.39 is 0 Å². The molecule has 2 N–H and O–H groups in total. The van der Waals surface area contributed by atoms with Gasteiger partial charge in [-0.3, -0.25) is 0 Å². The Balaban J connectivity index is 2.18. The summed E-state index contributed by atoms with van der Waals surface area (Å²) in [6.45, 7) is 0. The second-order valence-electron chi connectivity index (χ2n) is 3.60. The summed E-state index contributed by atoms with van der Waals surface area (Å²) < 4.78 is 10.0. The smallest absolute Gasteiger partial charge is 0.119 e. The average Bonchev–Trinajstić information content (AvgIpc) is 2.85. The minimum absolute atomic E-state index is 0.142. The molecule has 2 aromatic rings. The zero-order valence-electron chi connectivity index (χ0n) is 9.26. The Morgan fingerprint density at radius 2 is 2.35 bits per heavy atom. The maximum atomic E-state index is 6.07. The number of nitrogens with zero attached hydrogens (tertiary/aromatic N) is 2. The molecule has 0 bridgehead atoms. The molecule has 6 heteroatoms. The van der Waals surface area contributed by atoms with Gasteiger partial charge in [0.25, 0.3) is 0 Å². The topological polar surface area (TPSA) is 61.0 Å². The molecule has 0 spiro atoms. The standard InChI is InChI=1S/C11H12BrN3OS/c1-16-8-2-3-9(12)7(4-8)5-10(13)11-6-17-15-14-11/h2-4,6,10H,5,13H2,1H3. The fourth-order valence-electron chi connectivity index (χ4n) is 1.51. The van der Waals surface area contributed by atoms with Crippen LogP contribution in [0.1, 0.15) is 17.3 Å². The van der Waals surface area contributed by atoms with E-state index in [9.17, 15) is 0 Å². The Kier molecular flexibility index (Phi) is 4.09. The molecule has 0 radical (unpaired) electrons. The third-order valence-corrected chi connectivity index (χ3v) is 3.75. The molecule has 0 aliphatic heterocycles. The number of hydrogen-bond donors (Lipinski definition) is 1. The van der Waals surface area contributed by atoms with Crippen LogP contribution in [0.2, 0.25) is 0 Å². The van der Waals surface area contributed by atoms with Crippen LogP contribution in [0, 0.1) is 0 Å². The highest BCUT2D eigenvalue weighted by Crippen LogP contribution is 2.26. The minimum atomic E-state index is -0.142. The average molecular weight is 314 g/mol. The maximum absolute atomic E-state index is 6.07. The van der Waals surface area contributed by atoms with E-state index in [4.69, 9.17) is 10.5 Å². The van der Waals surface area contributed by atoms with Crippen LogP contribution in [0.3, 0.4) is 0 Å². The molecule has 1 aromatic carbocycles. The molecular formula is C11H12BrN3OS. The highest BCUT2D eigenvalue weighted by Gasteiger charge is 2.12. The van der Waals surface area contributed by atoms with Crippen molar-refractivity contribution in [1.29, 1.82) is 0 Å². The highest BCUT2D eigenvalue weighted by molar-refractivity contribution is 9.10. The SMILES string of the molecule is COc1ccc(Br)c(CC(N)c2csnn2)c1. The Morgan fingerprint density at radius 3 is 3.00 bits per heavy atom. The zero-order chi connectivity index (χ0) is 12.3. The first-order valence-electron chi connectivity index (χ1n) is 5.05. The summed E-state index contributed by atoms with van der Waals surface area (Å²) in [5, 5.41) is 5.86. The van der Waals surface area contributed by atoms with E-state index >= 15 is 0 Å². The predicted molar refractivity (Wildman–Crippen MR) is 71.2 cm³/mol. The summed E-state index contributed by atoms with van der Waals surface area (Å²) in [4.78, 5) is 0. The second kappa shape index (κ2) is 5.57. The zero-order valence-corrected chi connectivity index (χ0v) is 11.7. The fourth-order valence-corrected chi connectivity index (χ4v) is 2.44. The van der Waals surface area contributed by atoms with Gasteiger partial charge in [0.2, 0.25) is 0 Å². The summed E-state index contributed by atoms with van der Waals surface area (Å²) in [5.74, 6) is 0.826. The molecule has 1 aromatic heterocycles. The van der Waals surface area contributed by atoms with Crippen LogP contribution in [0.5, 0.6) is 5.75 Å². The number of halogens is 1. The largest absolute Gasteiger partial charge is 0.497 e.